The van der Waals surface area contributed by atoms with Crippen molar-refractivity contribution in [3.63, 3.8) is 0 Å². The molecule has 162 valence electrons. The van der Waals surface area contributed by atoms with Crippen molar-refractivity contribution in [2.45, 2.75) is 44.9 Å². The molecule has 0 saturated heterocycles. The normalized spacial score (nSPS) is 15.0. The predicted molar refractivity (Wildman–Crippen MR) is 118 cm³/mol. The summed E-state index contributed by atoms with van der Waals surface area (Å²) in [5.41, 5.74) is 2.76. The Morgan fingerprint density at radius 3 is 2.47 bits per heavy atom. The molecule has 0 aliphatic heterocycles. The molecule has 6 nitrogen and oxygen atoms in total. The van der Waals surface area contributed by atoms with E-state index in [9.17, 15) is 13.2 Å². The molecule has 0 aromatic heterocycles. The van der Waals surface area contributed by atoms with Crippen molar-refractivity contribution in [2.75, 3.05) is 17.6 Å². The highest BCUT2D eigenvalue weighted by molar-refractivity contribution is 7.92. The van der Waals surface area contributed by atoms with Crippen LogP contribution in [-0.4, -0.2) is 32.4 Å². The zero-order chi connectivity index (χ0) is 21.6. The van der Waals surface area contributed by atoms with Gasteiger partial charge in [0.2, 0.25) is 10.0 Å². The Morgan fingerprint density at radius 2 is 1.83 bits per heavy atom. The highest BCUT2D eigenvalue weighted by Crippen LogP contribution is 2.39. The Kier molecular flexibility index (Phi) is 7.37. The van der Waals surface area contributed by atoms with Crippen molar-refractivity contribution in [2.24, 2.45) is 5.92 Å². The number of rotatable bonds is 9. The van der Waals surface area contributed by atoms with E-state index in [2.05, 4.69) is 4.72 Å². The molecule has 0 spiro atoms. The lowest BCUT2D eigenvalue weighted by Gasteiger charge is -2.24. The van der Waals surface area contributed by atoms with Gasteiger partial charge >= 0.3 is 5.97 Å². The molecule has 7 heteroatoms. The van der Waals surface area contributed by atoms with Crippen LogP contribution in [0.3, 0.4) is 0 Å². The number of ether oxygens (including phenoxy) is 1. The minimum absolute atomic E-state index is 0.0329. The van der Waals surface area contributed by atoms with Crippen molar-refractivity contribution in [3.05, 3.63) is 48.0 Å². The molecule has 1 aliphatic carbocycles. The van der Waals surface area contributed by atoms with Gasteiger partial charge in [-0.05, 0) is 48.4 Å². The van der Waals surface area contributed by atoms with Gasteiger partial charge in [0.05, 0.1) is 18.6 Å². The zero-order valence-electron chi connectivity index (χ0n) is 17.3. The Morgan fingerprint density at radius 1 is 1.13 bits per heavy atom. The van der Waals surface area contributed by atoms with E-state index >= 15 is 0 Å². The first-order valence-electron chi connectivity index (χ1n) is 10.4. The summed E-state index contributed by atoms with van der Waals surface area (Å²) in [7, 11) is -3.54. The fourth-order valence-corrected chi connectivity index (χ4v) is 4.45. The van der Waals surface area contributed by atoms with Crippen LogP contribution < -0.4 is 9.46 Å². The van der Waals surface area contributed by atoms with Gasteiger partial charge in [-0.2, -0.15) is 0 Å². The third kappa shape index (κ3) is 6.49. The predicted octanol–water partition coefficient (Wildman–Crippen LogP) is 4.70. The second-order valence-corrected chi connectivity index (χ2v) is 9.72. The van der Waals surface area contributed by atoms with Gasteiger partial charge in [0, 0.05) is 12.0 Å². The molecule has 0 bridgehead atoms. The maximum atomic E-state index is 12.0. The lowest BCUT2D eigenvalue weighted by Crippen LogP contribution is -2.17. The summed E-state index contributed by atoms with van der Waals surface area (Å²) in [6.45, 7) is 0.534. The minimum atomic E-state index is -3.54. The van der Waals surface area contributed by atoms with Crippen molar-refractivity contribution in [3.8, 4) is 16.9 Å². The van der Waals surface area contributed by atoms with Gasteiger partial charge in [-0.1, -0.05) is 49.6 Å². The van der Waals surface area contributed by atoms with Crippen LogP contribution in [0.25, 0.3) is 11.1 Å². The van der Waals surface area contributed by atoms with Crippen LogP contribution >= 0.6 is 0 Å². The third-order valence-corrected chi connectivity index (χ3v) is 5.94. The number of aryl methyl sites for hydroxylation is 1. The molecule has 1 fully saturated rings. The third-order valence-electron chi connectivity index (χ3n) is 5.34. The van der Waals surface area contributed by atoms with Crippen molar-refractivity contribution < 1.29 is 23.1 Å². The summed E-state index contributed by atoms with van der Waals surface area (Å²) >= 11 is 0. The van der Waals surface area contributed by atoms with Gasteiger partial charge in [-0.25, -0.2) is 8.42 Å². The largest absolute Gasteiger partial charge is 0.490 e. The van der Waals surface area contributed by atoms with Crippen LogP contribution in [0.5, 0.6) is 5.75 Å². The van der Waals surface area contributed by atoms with E-state index in [0.717, 1.165) is 35.8 Å². The quantitative estimate of drug-likeness (QED) is 0.600. The molecule has 30 heavy (non-hydrogen) atoms. The second kappa shape index (κ2) is 9.98. The number of carboxylic acids is 1. The monoisotopic (exact) mass is 431 g/mol. The van der Waals surface area contributed by atoms with Gasteiger partial charge < -0.3 is 9.84 Å². The second-order valence-electron chi connectivity index (χ2n) is 7.97. The summed E-state index contributed by atoms with van der Waals surface area (Å²) in [6, 6.07) is 13.2. The van der Waals surface area contributed by atoms with Crippen LogP contribution in [0, 0.1) is 5.92 Å². The number of sulfonamides is 1. The van der Waals surface area contributed by atoms with E-state index in [4.69, 9.17) is 9.84 Å². The Hall–Kier alpha value is -2.54. The van der Waals surface area contributed by atoms with Crippen LogP contribution in [0.2, 0.25) is 0 Å². The fraction of sp³-hybridized carbons (Fsp3) is 0.435. The number of hydrogen-bond acceptors (Lipinski definition) is 4. The molecule has 2 aromatic carbocycles. The molecule has 0 atom stereocenters. The van der Waals surface area contributed by atoms with Gasteiger partial charge in [-0.15, -0.1) is 0 Å². The highest BCUT2D eigenvalue weighted by atomic mass is 32.2. The summed E-state index contributed by atoms with van der Waals surface area (Å²) in [4.78, 5) is 11.0. The van der Waals surface area contributed by atoms with Gasteiger partial charge in [0.25, 0.3) is 0 Å². The van der Waals surface area contributed by atoms with E-state index in [1.807, 2.05) is 36.4 Å². The van der Waals surface area contributed by atoms with E-state index in [0.29, 0.717) is 30.4 Å². The molecule has 0 amide bonds. The molecule has 0 radical (unpaired) electrons. The molecule has 2 aromatic rings. The van der Waals surface area contributed by atoms with E-state index in [-0.39, 0.29) is 6.42 Å². The molecule has 0 unspecified atom stereocenters. The average Bonchev–Trinajstić information content (AvgIpc) is 2.71. The topological polar surface area (TPSA) is 92.7 Å². The number of carboxylic acid groups (broad SMARTS) is 1. The summed E-state index contributed by atoms with van der Waals surface area (Å²) in [6.07, 6.45) is 7.25. The van der Waals surface area contributed by atoms with Gasteiger partial charge in [-0.3, -0.25) is 9.52 Å². The number of nitrogens with one attached hydrogen (secondary N) is 1. The molecule has 0 heterocycles. The minimum Gasteiger partial charge on any atom is -0.490 e. The Balaban J connectivity index is 2.02. The number of benzene rings is 2. The number of carbonyl (C=O) groups is 1. The molecule has 3 rings (SSSR count). The summed E-state index contributed by atoms with van der Waals surface area (Å²) in [5.74, 6) is 0.0583. The van der Waals surface area contributed by atoms with Crippen molar-refractivity contribution in [1.82, 2.24) is 0 Å². The van der Waals surface area contributed by atoms with Crippen molar-refractivity contribution >= 4 is 21.7 Å². The number of hydrogen-bond donors (Lipinski definition) is 2. The van der Waals surface area contributed by atoms with Crippen LogP contribution in [-0.2, 0) is 21.2 Å². The average molecular weight is 432 g/mol. The zero-order valence-corrected chi connectivity index (χ0v) is 18.1. The molecule has 1 aliphatic rings. The van der Waals surface area contributed by atoms with Gasteiger partial charge in [0.1, 0.15) is 0 Å². The van der Waals surface area contributed by atoms with E-state index in [1.165, 1.54) is 19.3 Å². The molecular weight excluding hydrogens is 402 g/mol. The van der Waals surface area contributed by atoms with Gasteiger partial charge in [0.15, 0.2) is 5.75 Å². The Bertz CT molecular complexity index is 967. The lowest BCUT2D eigenvalue weighted by molar-refractivity contribution is -0.136. The maximum Gasteiger partial charge on any atom is 0.303 e. The molecular formula is C23H29NO5S. The number of anilines is 1. The molecule has 1 saturated carbocycles. The number of aliphatic carboxylic acids is 1. The van der Waals surface area contributed by atoms with Crippen LogP contribution in [0.1, 0.15) is 44.1 Å². The standard InChI is InChI=1S/C23H29NO5S/c1-30(27,28)24-21-15-18(12-13-22(25)26)14-20(19-10-6-3-7-11-19)23(21)29-16-17-8-4-2-5-9-17/h3,6-7,10-11,14-15,17,24H,2,4-5,8-9,12-13,16H2,1H3,(H,25,26). The Labute approximate surface area is 178 Å². The molecule has 2 N–H and O–H groups in total. The first-order valence-corrected chi connectivity index (χ1v) is 12.3. The van der Waals surface area contributed by atoms with Crippen LogP contribution in [0.4, 0.5) is 5.69 Å². The highest BCUT2D eigenvalue weighted by Gasteiger charge is 2.20. The SMILES string of the molecule is CS(=O)(=O)Nc1cc(CCC(=O)O)cc(-c2ccccc2)c1OCC1CCCCC1. The first kappa shape index (κ1) is 22.2. The summed E-state index contributed by atoms with van der Waals surface area (Å²) in [5, 5.41) is 9.06. The first-order chi connectivity index (χ1) is 14.3. The maximum absolute atomic E-state index is 12.0. The summed E-state index contributed by atoms with van der Waals surface area (Å²) < 4.78 is 32.9. The van der Waals surface area contributed by atoms with E-state index < -0.39 is 16.0 Å². The fourth-order valence-electron chi connectivity index (χ4n) is 3.90. The lowest BCUT2D eigenvalue weighted by atomic mass is 9.90. The smallest absolute Gasteiger partial charge is 0.303 e. The van der Waals surface area contributed by atoms with Crippen LogP contribution in [0.15, 0.2) is 42.5 Å². The van der Waals surface area contributed by atoms with E-state index in [1.54, 1.807) is 6.07 Å². The van der Waals surface area contributed by atoms with Crippen molar-refractivity contribution in [1.29, 1.82) is 0 Å².